The van der Waals surface area contributed by atoms with E-state index < -0.39 is 5.97 Å². The van der Waals surface area contributed by atoms with Gasteiger partial charge in [0, 0.05) is 12.7 Å². The molecule has 4 heteroatoms. The first-order valence-electron chi connectivity index (χ1n) is 6.17. The number of carboxylic acids is 1. The molecular formula is C16H15NO3. The molecule has 4 nitrogen and oxygen atoms in total. The number of carbonyl (C=O) groups excluding carboxylic acids is 1. The van der Waals surface area contributed by atoms with E-state index in [9.17, 15) is 9.59 Å². The minimum atomic E-state index is -1.11. The largest absolute Gasteiger partial charge is 0.478 e. The predicted molar refractivity (Wildman–Crippen MR) is 77.3 cm³/mol. The Balaban J connectivity index is 2.36. The molecule has 0 radical (unpaired) electrons. The van der Waals surface area contributed by atoms with Gasteiger partial charge in [0.25, 0.3) is 5.91 Å². The summed E-state index contributed by atoms with van der Waals surface area (Å²) in [5.41, 5.74) is 2.01. The van der Waals surface area contributed by atoms with Crippen LogP contribution >= 0.6 is 0 Å². The molecule has 2 rings (SSSR count). The van der Waals surface area contributed by atoms with Crippen molar-refractivity contribution in [2.24, 2.45) is 0 Å². The molecule has 102 valence electrons. The number of aromatic carboxylic acids is 1. The van der Waals surface area contributed by atoms with Crippen LogP contribution in [0.5, 0.6) is 0 Å². The number of hydrogen-bond acceptors (Lipinski definition) is 2. The Morgan fingerprint density at radius 3 is 2.05 bits per heavy atom. The van der Waals surface area contributed by atoms with E-state index in [1.165, 1.54) is 17.0 Å². The lowest BCUT2D eigenvalue weighted by molar-refractivity contribution is 0.0692. The number of nitrogens with zero attached hydrogens (tertiary/aromatic N) is 1. The number of anilines is 1. The van der Waals surface area contributed by atoms with Gasteiger partial charge in [0.2, 0.25) is 0 Å². The maximum Gasteiger partial charge on any atom is 0.336 e. The highest BCUT2D eigenvalue weighted by Crippen LogP contribution is 2.18. The number of amides is 1. The molecule has 0 unspecified atom stereocenters. The van der Waals surface area contributed by atoms with Crippen LogP contribution < -0.4 is 4.90 Å². The van der Waals surface area contributed by atoms with Gasteiger partial charge in [-0.25, -0.2) is 4.79 Å². The monoisotopic (exact) mass is 269 g/mol. The van der Waals surface area contributed by atoms with Gasteiger partial charge in [-0.2, -0.15) is 0 Å². The Hall–Kier alpha value is -2.62. The lowest BCUT2D eigenvalue weighted by Gasteiger charge is -2.18. The fraction of sp³-hybridized carbons (Fsp3) is 0.125. The van der Waals surface area contributed by atoms with Crippen LogP contribution in [0.15, 0.2) is 48.5 Å². The second-order valence-electron chi connectivity index (χ2n) is 4.55. The van der Waals surface area contributed by atoms with Gasteiger partial charge in [-0.05, 0) is 31.2 Å². The van der Waals surface area contributed by atoms with Crippen molar-refractivity contribution >= 4 is 17.6 Å². The molecule has 0 aliphatic rings. The Morgan fingerprint density at radius 2 is 1.50 bits per heavy atom. The van der Waals surface area contributed by atoms with Crippen LogP contribution in [0, 0.1) is 6.92 Å². The molecule has 1 N–H and O–H groups in total. The average molecular weight is 269 g/mol. The summed E-state index contributed by atoms with van der Waals surface area (Å²) in [5, 5.41) is 9.13. The first kappa shape index (κ1) is 13.8. The molecule has 2 aromatic carbocycles. The third-order valence-corrected chi connectivity index (χ3v) is 3.11. The molecule has 0 heterocycles. The van der Waals surface area contributed by atoms with Crippen molar-refractivity contribution in [1.29, 1.82) is 0 Å². The maximum atomic E-state index is 12.4. The normalized spacial score (nSPS) is 10.1. The zero-order valence-corrected chi connectivity index (χ0v) is 11.3. The van der Waals surface area contributed by atoms with E-state index in [-0.39, 0.29) is 17.0 Å². The van der Waals surface area contributed by atoms with E-state index in [0.29, 0.717) is 0 Å². The van der Waals surface area contributed by atoms with Crippen LogP contribution in [0.4, 0.5) is 5.69 Å². The van der Waals surface area contributed by atoms with E-state index in [1.807, 2.05) is 31.2 Å². The number of benzene rings is 2. The smallest absolute Gasteiger partial charge is 0.336 e. The topological polar surface area (TPSA) is 57.6 Å². The van der Waals surface area contributed by atoms with Gasteiger partial charge in [-0.15, -0.1) is 0 Å². The van der Waals surface area contributed by atoms with Crippen molar-refractivity contribution in [3.8, 4) is 0 Å². The summed E-state index contributed by atoms with van der Waals surface area (Å²) in [6.45, 7) is 1.96. The van der Waals surface area contributed by atoms with E-state index >= 15 is 0 Å². The lowest BCUT2D eigenvalue weighted by atomic mass is 10.1. The standard InChI is InChI=1S/C16H15NO3/c1-11-7-9-12(10-8-11)17(2)15(18)13-5-3-4-6-14(13)16(19)20/h3-10H,1-2H3,(H,19,20). The van der Waals surface area contributed by atoms with Crippen LogP contribution in [0.2, 0.25) is 0 Å². The SMILES string of the molecule is Cc1ccc(N(C)C(=O)c2ccccc2C(=O)O)cc1. The molecule has 0 aliphatic carbocycles. The summed E-state index contributed by atoms with van der Waals surface area (Å²) in [5.74, 6) is -1.45. The van der Waals surface area contributed by atoms with Crippen LogP contribution in [-0.4, -0.2) is 24.0 Å². The van der Waals surface area contributed by atoms with Gasteiger partial charge in [0.1, 0.15) is 0 Å². The molecule has 0 atom stereocenters. The molecule has 0 spiro atoms. The zero-order valence-electron chi connectivity index (χ0n) is 11.3. The second-order valence-corrected chi connectivity index (χ2v) is 4.55. The highest BCUT2D eigenvalue weighted by atomic mass is 16.4. The number of aryl methyl sites for hydroxylation is 1. The highest BCUT2D eigenvalue weighted by Gasteiger charge is 2.19. The predicted octanol–water partition coefficient (Wildman–Crippen LogP) is 2.97. The Kier molecular flexibility index (Phi) is 3.84. The number of hydrogen-bond donors (Lipinski definition) is 1. The van der Waals surface area contributed by atoms with Crippen molar-refractivity contribution in [3.63, 3.8) is 0 Å². The molecule has 0 saturated heterocycles. The van der Waals surface area contributed by atoms with Gasteiger partial charge < -0.3 is 10.0 Å². The zero-order chi connectivity index (χ0) is 14.7. The quantitative estimate of drug-likeness (QED) is 0.932. The minimum absolute atomic E-state index is 0.0106. The molecule has 0 saturated carbocycles. The van der Waals surface area contributed by atoms with Gasteiger partial charge in [-0.3, -0.25) is 4.79 Å². The summed E-state index contributed by atoms with van der Waals surface area (Å²) >= 11 is 0. The summed E-state index contributed by atoms with van der Waals surface area (Å²) in [6, 6.07) is 13.7. The molecule has 0 bridgehead atoms. The Bertz CT molecular complexity index is 647. The van der Waals surface area contributed by atoms with Crippen molar-refractivity contribution in [3.05, 3.63) is 65.2 Å². The molecule has 2 aromatic rings. The van der Waals surface area contributed by atoms with Crippen LogP contribution in [0.1, 0.15) is 26.3 Å². The maximum absolute atomic E-state index is 12.4. The fourth-order valence-electron chi connectivity index (χ4n) is 1.92. The summed E-state index contributed by atoms with van der Waals surface area (Å²) in [6.07, 6.45) is 0. The Morgan fingerprint density at radius 1 is 0.950 bits per heavy atom. The van der Waals surface area contributed by atoms with E-state index in [2.05, 4.69) is 0 Å². The van der Waals surface area contributed by atoms with Crippen molar-refractivity contribution in [1.82, 2.24) is 0 Å². The summed E-state index contributed by atoms with van der Waals surface area (Å²) in [4.78, 5) is 25.0. The number of carbonyl (C=O) groups is 2. The minimum Gasteiger partial charge on any atom is -0.478 e. The fourth-order valence-corrected chi connectivity index (χ4v) is 1.92. The van der Waals surface area contributed by atoms with E-state index in [1.54, 1.807) is 19.2 Å². The lowest BCUT2D eigenvalue weighted by Crippen LogP contribution is -2.27. The van der Waals surface area contributed by atoms with E-state index in [4.69, 9.17) is 5.11 Å². The van der Waals surface area contributed by atoms with Crippen LogP contribution in [-0.2, 0) is 0 Å². The van der Waals surface area contributed by atoms with Crippen molar-refractivity contribution < 1.29 is 14.7 Å². The average Bonchev–Trinajstić information content (AvgIpc) is 2.46. The number of rotatable bonds is 3. The molecule has 0 fully saturated rings. The summed E-state index contributed by atoms with van der Waals surface area (Å²) < 4.78 is 0. The third-order valence-electron chi connectivity index (χ3n) is 3.11. The molecule has 1 amide bonds. The number of carboxylic acid groups (broad SMARTS) is 1. The highest BCUT2D eigenvalue weighted by molar-refractivity contribution is 6.11. The first-order valence-corrected chi connectivity index (χ1v) is 6.17. The third kappa shape index (κ3) is 2.69. The van der Waals surface area contributed by atoms with Crippen molar-refractivity contribution in [2.75, 3.05) is 11.9 Å². The molecule has 0 aliphatic heterocycles. The van der Waals surface area contributed by atoms with Crippen LogP contribution in [0.3, 0.4) is 0 Å². The molecule has 20 heavy (non-hydrogen) atoms. The van der Waals surface area contributed by atoms with Gasteiger partial charge in [0.05, 0.1) is 11.1 Å². The van der Waals surface area contributed by atoms with Gasteiger partial charge in [0.15, 0.2) is 0 Å². The van der Waals surface area contributed by atoms with Gasteiger partial charge >= 0.3 is 5.97 Å². The molecule has 0 aromatic heterocycles. The first-order chi connectivity index (χ1) is 9.50. The van der Waals surface area contributed by atoms with Crippen LogP contribution in [0.25, 0.3) is 0 Å². The summed E-state index contributed by atoms with van der Waals surface area (Å²) in [7, 11) is 1.63. The van der Waals surface area contributed by atoms with Gasteiger partial charge in [-0.1, -0.05) is 29.8 Å². The van der Waals surface area contributed by atoms with E-state index in [0.717, 1.165) is 11.3 Å². The Labute approximate surface area is 117 Å². The van der Waals surface area contributed by atoms with Crippen molar-refractivity contribution in [2.45, 2.75) is 6.92 Å². The second kappa shape index (κ2) is 5.57. The molecular weight excluding hydrogens is 254 g/mol.